The topological polar surface area (TPSA) is 46.3 Å². The van der Waals surface area contributed by atoms with Crippen molar-refractivity contribution in [3.05, 3.63) is 59.1 Å². The zero-order valence-electron chi connectivity index (χ0n) is 10.6. The summed E-state index contributed by atoms with van der Waals surface area (Å²) < 4.78 is 0. The minimum Gasteiger partial charge on any atom is -0.399 e. The lowest BCUT2D eigenvalue weighted by Gasteiger charge is -2.21. The quantitative estimate of drug-likeness (QED) is 0.870. The van der Waals surface area contributed by atoms with E-state index in [1.165, 1.54) is 0 Å². The largest absolute Gasteiger partial charge is 0.399 e. The minimum absolute atomic E-state index is 0.0650. The van der Waals surface area contributed by atoms with Crippen LogP contribution >= 0.6 is 11.6 Å². The molecule has 0 spiro atoms. The Hall–Kier alpha value is -2.00. The molecule has 0 unspecified atom stereocenters. The lowest BCUT2D eigenvalue weighted by molar-refractivity contribution is 0.0988. The summed E-state index contributed by atoms with van der Waals surface area (Å²) in [5, 5.41) is 0.612. The highest BCUT2D eigenvalue weighted by Crippen LogP contribution is 2.21. The van der Waals surface area contributed by atoms with Crippen LogP contribution in [0.25, 0.3) is 0 Å². The van der Waals surface area contributed by atoms with Crippen LogP contribution in [0.2, 0.25) is 5.02 Å². The van der Waals surface area contributed by atoms with Gasteiger partial charge in [-0.3, -0.25) is 4.79 Å². The van der Waals surface area contributed by atoms with Gasteiger partial charge in [0.05, 0.1) is 0 Å². The number of carbonyl (C=O) groups excluding carboxylic acids is 1. The van der Waals surface area contributed by atoms with Crippen molar-refractivity contribution >= 4 is 28.9 Å². The Morgan fingerprint density at radius 2 is 1.89 bits per heavy atom. The number of hydrogen-bond donors (Lipinski definition) is 1. The maximum absolute atomic E-state index is 12.4. The van der Waals surface area contributed by atoms with E-state index in [2.05, 4.69) is 0 Å². The third kappa shape index (κ3) is 3.06. The molecular weight excluding hydrogens is 260 g/mol. The molecule has 0 bridgehead atoms. The molecule has 2 aromatic rings. The first kappa shape index (κ1) is 13.4. The number of nitrogens with zero attached hydrogens (tertiary/aromatic N) is 1. The van der Waals surface area contributed by atoms with Crippen LogP contribution in [0.1, 0.15) is 17.3 Å². The van der Waals surface area contributed by atoms with E-state index in [9.17, 15) is 4.79 Å². The van der Waals surface area contributed by atoms with Crippen LogP contribution < -0.4 is 10.6 Å². The van der Waals surface area contributed by atoms with Gasteiger partial charge in [0.15, 0.2) is 0 Å². The molecule has 3 nitrogen and oxygen atoms in total. The van der Waals surface area contributed by atoms with E-state index >= 15 is 0 Å². The van der Waals surface area contributed by atoms with Gasteiger partial charge in [0.25, 0.3) is 5.91 Å². The summed E-state index contributed by atoms with van der Waals surface area (Å²) in [5.74, 6) is -0.0650. The highest BCUT2D eigenvalue weighted by Gasteiger charge is 2.15. The molecule has 0 saturated heterocycles. The molecular formula is C15H15ClN2O. The monoisotopic (exact) mass is 274 g/mol. The van der Waals surface area contributed by atoms with Gasteiger partial charge >= 0.3 is 0 Å². The lowest BCUT2D eigenvalue weighted by atomic mass is 10.1. The highest BCUT2D eigenvalue weighted by molar-refractivity contribution is 6.31. The second kappa shape index (κ2) is 5.76. The van der Waals surface area contributed by atoms with Crippen LogP contribution in [-0.2, 0) is 0 Å². The van der Waals surface area contributed by atoms with E-state index in [0.717, 1.165) is 5.69 Å². The van der Waals surface area contributed by atoms with Crippen LogP contribution in [0.15, 0.2) is 48.5 Å². The molecule has 1 amide bonds. The van der Waals surface area contributed by atoms with E-state index in [4.69, 9.17) is 17.3 Å². The average Bonchev–Trinajstić information content (AvgIpc) is 2.40. The molecule has 19 heavy (non-hydrogen) atoms. The van der Waals surface area contributed by atoms with Gasteiger partial charge in [-0.05, 0) is 49.4 Å². The summed E-state index contributed by atoms with van der Waals surface area (Å²) in [6.45, 7) is 2.50. The van der Waals surface area contributed by atoms with Crippen molar-refractivity contribution in [3.8, 4) is 0 Å². The van der Waals surface area contributed by atoms with Gasteiger partial charge in [-0.1, -0.05) is 17.7 Å². The fourth-order valence-corrected chi connectivity index (χ4v) is 2.05. The Kier molecular flexibility index (Phi) is 4.07. The number of nitrogens with two attached hydrogens (primary N) is 1. The minimum atomic E-state index is -0.0650. The summed E-state index contributed by atoms with van der Waals surface area (Å²) in [6.07, 6.45) is 0. The molecule has 2 aromatic carbocycles. The van der Waals surface area contributed by atoms with Crippen molar-refractivity contribution in [1.82, 2.24) is 0 Å². The summed E-state index contributed by atoms with van der Waals surface area (Å²) in [6, 6.07) is 14.2. The van der Waals surface area contributed by atoms with Gasteiger partial charge in [-0.25, -0.2) is 0 Å². The summed E-state index contributed by atoms with van der Waals surface area (Å²) >= 11 is 5.96. The van der Waals surface area contributed by atoms with E-state index in [0.29, 0.717) is 22.8 Å². The second-order valence-electron chi connectivity index (χ2n) is 4.15. The van der Waals surface area contributed by atoms with Crippen LogP contribution in [0.5, 0.6) is 0 Å². The maximum atomic E-state index is 12.4. The number of benzene rings is 2. The number of rotatable bonds is 3. The number of nitrogen functional groups attached to an aromatic ring is 1. The molecule has 2 rings (SSSR count). The van der Waals surface area contributed by atoms with Crippen LogP contribution in [-0.4, -0.2) is 12.5 Å². The first-order valence-corrected chi connectivity index (χ1v) is 6.42. The zero-order valence-corrected chi connectivity index (χ0v) is 11.4. The Morgan fingerprint density at radius 3 is 2.47 bits per heavy atom. The molecule has 0 fully saturated rings. The van der Waals surface area contributed by atoms with Gasteiger partial charge in [0.1, 0.15) is 0 Å². The zero-order chi connectivity index (χ0) is 13.8. The molecule has 0 aliphatic heterocycles. The lowest BCUT2D eigenvalue weighted by Crippen LogP contribution is -2.30. The van der Waals surface area contributed by atoms with Crippen molar-refractivity contribution < 1.29 is 4.79 Å². The first-order chi connectivity index (χ1) is 9.11. The number of amides is 1. The summed E-state index contributed by atoms with van der Waals surface area (Å²) in [4.78, 5) is 14.1. The summed E-state index contributed by atoms with van der Waals surface area (Å²) in [5.41, 5.74) is 7.66. The van der Waals surface area contributed by atoms with Gasteiger partial charge in [0, 0.05) is 28.5 Å². The maximum Gasteiger partial charge on any atom is 0.258 e. The third-order valence-electron chi connectivity index (χ3n) is 2.84. The van der Waals surface area contributed by atoms with Gasteiger partial charge < -0.3 is 10.6 Å². The van der Waals surface area contributed by atoms with E-state index in [1.54, 1.807) is 41.3 Å². The van der Waals surface area contributed by atoms with Crippen molar-refractivity contribution in [2.75, 3.05) is 17.2 Å². The fourth-order valence-electron chi connectivity index (χ4n) is 1.87. The molecule has 0 atom stereocenters. The number of anilines is 2. The normalized spacial score (nSPS) is 10.2. The molecule has 0 aliphatic rings. The highest BCUT2D eigenvalue weighted by atomic mass is 35.5. The van der Waals surface area contributed by atoms with Crippen LogP contribution in [0.4, 0.5) is 11.4 Å². The standard InChI is InChI=1S/C15H15ClN2O/c1-2-18(14-5-3-4-12(16)10-14)15(19)11-6-8-13(17)9-7-11/h3-10H,2,17H2,1H3. The van der Waals surface area contributed by atoms with Crippen molar-refractivity contribution in [2.45, 2.75) is 6.92 Å². The number of halogens is 1. The predicted molar refractivity (Wildman–Crippen MR) is 79.7 cm³/mol. The Bertz CT molecular complexity index is 581. The molecule has 0 saturated carbocycles. The van der Waals surface area contributed by atoms with Crippen LogP contribution in [0.3, 0.4) is 0 Å². The van der Waals surface area contributed by atoms with Crippen LogP contribution in [0, 0.1) is 0 Å². The van der Waals surface area contributed by atoms with Gasteiger partial charge in [-0.2, -0.15) is 0 Å². The molecule has 98 valence electrons. The molecule has 0 aliphatic carbocycles. The van der Waals surface area contributed by atoms with E-state index in [1.807, 2.05) is 19.1 Å². The van der Waals surface area contributed by atoms with E-state index < -0.39 is 0 Å². The predicted octanol–water partition coefficient (Wildman–Crippen LogP) is 3.59. The van der Waals surface area contributed by atoms with Crippen molar-refractivity contribution in [2.24, 2.45) is 0 Å². The smallest absolute Gasteiger partial charge is 0.258 e. The van der Waals surface area contributed by atoms with Crippen molar-refractivity contribution in [3.63, 3.8) is 0 Å². The van der Waals surface area contributed by atoms with Gasteiger partial charge in [0.2, 0.25) is 0 Å². The second-order valence-corrected chi connectivity index (χ2v) is 4.59. The summed E-state index contributed by atoms with van der Waals surface area (Å²) in [7, 11) is 0. The number of hydrogen-bond acceptors (Lipinski definition) is 2. The molecule has 0 aromatic heterocycles. The average molecular weight is 275 g/mol. The fraction of sp³-hybridized carbons (Fsp3) is 0.133. The molecule has 0 heterocycles. The number of carbonyl (C=O) groups is 1. The van der Waals surface area contributed by atoms with E-state index in [-0.39, 0.29) is 5.91 Å². The Labute approximate surface area is 117 Å². The molecule has 2 N–H and O–H groups in total. The molecule has 0 radical (unpaired) electrons. The third-order valence-corrected chi connectivity index (χ3v) is 3.07. The van der Waals surface area contributed by atoms with Crippen molar-refractivity contribution in [1.29, 1.82) is 0 Å². The Balaban J connectivity index is 2.31. The molecule has 4 heteroatoms. The SMILES string of the molecule is CCN(C(=O)c1ccc(N)cc1)c1cccc(Cl)c1. The Morgan fingerprint density at radius 1 is 1.21 bits per heavy atom. The van der Waals surface area contributed by atoms with Gasteiger partial charge in [-0.15, -0.1) is 0 Å². The first-order valence-electron chi connectivity index (χ1n) is 6.05.